The second kappa shape index (κ2) is 13.7. The fraction of sp³-hybridized carbons (Fsp3) is 0.577. The van der Waals surface area contributed by atoms with Crippen LogP contribution in [0.3, 0.4) is 0 Å². The van der Waals surface area contributed by atoms with Gasteiger partial charge in [0, 0.05) is 25.3 Å². The Morgan fingerprint density at radius 3 is 2.71 bits per heavy atom. The van der Waals surface area contributed by atoms with Crippen LogP contribution < -0.4 is 5.32 Å². The van der Waals surface area contributed by atoms with Crippen LogP contribution >= 0.6 is 0 Å². The van der Waals surface area contributed by atoms with Gasteiger partial charge in [-0.05, 0) is 56.6 Å². The molecule has 1 aliphatic carbocycles. The van der Waals surface area contributed by atoms with Gasteiger partial charge in [-0.1, -0.05) is 42.5 Å². The van der Waals surface area contributed by atoms with Crippen LogP contribution in [0.5, 0.6) is 0 Å². The topological polar surface area (TPSA) is 89.8 Å². The Labute approximate surface area is 199 Å². The number of alkyl halides is 3. The first-order valence-electron chi connectivity index (χ1n) is 11.9. The predicted molar refractivity (Wildman–Crippen MR) is 125 cm³/mol. The summed E-state index contributed by atoms with van der Waals surface area (Å²) in [5.41, 5.74) is -0.216. The summed E-state index contributed by atoms with van der Waals surface area (Å²) in [6, 6.07) is 5.06. The smallest absolute Gasteiger partial charge is 0.393 e. The molecule has 190 valence electrons. The molecule has 0 spiro atoms. The number of benzene rings is 1. The Kier molecular flexibility index (Phi) is 11.3. The summed E-state index contributed by atoms with van der Waals surface area (Å²) in [7, 11) is 0. The third kappa shape index (κ3) is 9.24. The maximum absolute atomic E-state index is 12.8. The molecule has 0 bridgehead atoms. The maximum Gasteiger partial charge on any atom is 0.416 e. The Morgan fingerprint density at radius 2 is 2.00 bits per heavy atom. The standard InChI is InChI=1S/C26H36F3NO4/c1-2-30-25(34)11-6-4-3-5-10-21-22(24(33)17-23(21)32)15-14-20(31)13-12-18-8-7-9-19(16-18)26(27,28)29/h3,5,7-9,14-16,20-24,31-33H,2,4,6,10-13,17H2,1H3,(H,30,34)/b5-3-,15-14+/t20-,21-,22-,23+,24+/m1/s1. The minimum Gasteiger partial charge on any atom is -0.393 e. The summed E-state index contributed by atoms with van der Waals surface area (Å²) in [5.74, 6) is -0.484. The van der Waals surface area contributed by atoms with Gasteiger partial charge in [-0.25, -0.2) is 0 Å². The zero-order valence-corrected chi connectivity index (χ0v) is 19.5. The monoisotopic (exact) mass is 483 g/mol. The molecule has 1 fully saturated rings. The zero-order chi connectivity index (χ0) is 25.1. The van der Waals surface area contributed by atoms with Gasteiger partial charge in [-0.2, -0.15) is 13.2 Å². The van der Waals surface area contributed by atoms with Crippen LogP contribution in [0, 0.1) is 11.8 Å². The van der Waals surface area contributed by atoms with E-state index in [4.69, 9.17) is 0 Å². The normalized spacial score (nSPS) is 24.2. The van der Waals surface area contributed by atoms with E-state index in [1.165, 1.54) is 6.07 Å². The summed E-state index contributed by atoms with van der Waals surface area (Å²) >= 11 is 0. The number of aliphatic hydroxyl groups excluding tert-OH is 3. The molecule has 0 saturated heterocycles. The highest BCUT2D eigenvalue weighted by Gasteiger charge is 2.39. The van der Waals surface area contributed by atoms with E-state index in [2.05, 4.69) is 5.32 Å². The van der Waals surface area contributed by atoms with E-state index in [1.54, 1.807) is 18.2 Å². The summed E-state index contributed by atoms with van der Waals surface area (Å²) in [5, 5.41) is 33.7. The number of halogens is 3. The summed E-state index contributed by atoms with van der Waals surface area (Å²) in [6.07, 6.45) is 3.84. The fourth-order valence-corrected chi connectivity index (χ4v) is 4.31. The van der Waals surface area contributed by atoms with Crippen LogP contribution in [0.15, 0.2) is 48.6 Å². The molecule has 1 amide bonds. The SMILES string of the molecule is CCNC(=O)CCC/C=C\C[C@@H]1[C@@H](/C=C/[C@H](O)CCc2cccc(C(F)(F)F)c2)[C@@H](O)C[C@@H]1O. The molecule has 1 saturated carbocycles. The van der Waals surface area contributed by atoms with Crippen molar-refractivity contribution in [3.05, 3.63) is 59.7 Å². The maximum atomic E-state index is 12.8. The van der Waals surface area contributed by atoms with Crippen molar-refractivity contribution in [1.29, 1.82) is 0 Å². The number of unbranched alkanes of at least 4 members (excludes halogenated alkanes) is 1. The Morgan fingerprint density at radius 1 is 1.24 bits per heavy atom. The molecule has 0 aromatic heterocycles. The molecular formula is C26H36F3NO4. The number of hydrogen-bond acceptors (Lipinski definition) is 4. The van der Waals surface area contributed by atoms with Crippen molar-refractivity contribution in [2.24, 2.45) is 11.8 Å². The van der Waals surface area contributed by atoms with Gasteiger partial charge in [0.25, 0.3) is 0 Å². The summed E-state index contributed by atoms with van der Waals surface area (Å²) < 4.78 is 38.5. The lowest BCUT2D eigenvalue weighted by molar-refractivity contribution is -0.137. The molecule has 1 aliphatic rings. The van der Waals surface area contributed by atoms with Gasteiger partial charge in [-0.15, -0.1) is 0 Å². The molecule has 0 radical (unpaired) electrons. The van der Waals surface area contributed by atoms with Crippen molar-refractivity contribution in [3.8, 4) is 0 Å². The third-order valence-electron chi connectivity index (χ3n) is 6.18. The molecule has 0 aliphatic heterocycles. The number of allylic oxidation sites excluding steroid dienone is 2. The first kappa shape index (κ1) is 28.1. The number of carbonyl (C=O) groups excluding carboxylic acids is 1. The molecule has 5 atom stereocenters. The van der Waals surface area contributed by atoms with Crippen LogP contribution in [-0.2, 0) is 17.4 Å². The molecule has 1 aromatic carbocycles. The minimum atomic E-state index is -4.40. The zero-order valence-electron chi connectivity index (χ0n) is 19.5. The highest BCUT2D eigenvalue weighted by atomic mass is 19.4. The average Bonchev–Trinajstić information content (AvgIpc) is 3.05. The number of carbonyl (C=O) groups is 1. The number of amides is 1. The number of hydrogen-bond donors (Lipinski definition) is 4. The van der Waals surface area contributed by atoms with Crippen molar-refractivity contribution in [1.82, 2.24) is 5.32 Å². The van der Waals surface area contributed by atoms with E-state index in [0.29, 0.717) is 24.9 Å². The number of aliphatic hydroxyl groups is 3. The van der Waals surface area contributed by atoms with Gasteiger partial charge >= 0.3 is 6.18 Å². The first-order chi connectivity index (χ1) is 16.1. The van der Waals surface area contributed by atoms with E-state index in [-0.39, 0.29) is 37.0 Å². The van der Waals surface area contributed by atoms with Gasteiger partial charge in [0.05, 0.1) is 23.9 Å². The number of rotatable bonds is 12. The van der Waals surface area contributed by atoms with Crippen molar-refractivity contribution in [2.45, 2.75) is 76.4 Å². The number of aryl methyl sites for hydroxylation is 1. The Hall–Kier alpha value is -2.16. The van der Waals surface area contributed by atoms with Crippen LogP contribution in [0.25, 0.3) is 0 Å². The molecule has 34 heavy (non-hydrogen) atoms. The van der Waals surface area contributed by atoms with Crippen molar-refractivity contribution < 1.29 is 33.3 Å². The van der Waals surface area contributed by atoms with Gasteiger partial charge in [0.1, 0.15) is 0 Å². The quantitative estimate of drug-likeness (QED) is 0.265. The highest BCUT2D eigenvalue weighted by molar-refractivity contribution is 5.75. The molecule has 0 unspecified atom stereocenters. The molecule has 4 N–H and O–H groups in total. The lowest BCUT2D eigenvalue weighted by Crippen LogP contribution is -2.21. The molecule has 1 aromatic rings. The lowest BCUT2D eigenvalue weighted by Gasteiger charge is -2.19. The molecule has 0 heterocycles. The molecular weight excluding hydrogens is 447 g/mol. The second-order valence-corrected chi connectivity index (χ2v) is 8.85. The number of nitrogens with one attached hydrogen (secondary N) is 1. The minimum absolute atomic E-state index is 0.0297. The second-order valence-electron chi connectivity index (χ2n) is 8.85. The Balaban J connectivity index is 1.84. The van der Waals surface area contributed by atoms with Crippen LogP contribution in [-0.4, -0.2) is 46.1 Å². The third-order valence-corrected chi connectivity index (χ3v) is 6.18. The van der Waals surface area contributed by atoms with E-state index in [9.17, 15) is 33.3 Å². The van der Waals surface area contributed by atoms with Crippen molar-refractivity contribution >= 4 is 5.91 Å². The van der Waals surface area contributed by atoms with Crippen LogP contribution in [0.4, 0.5) is 13.2 Å². The predicted octanol–water partition coefficient (Wildman–Crippen LogP) is 4.17. The van der Waals surface area contributed by atoms with E-state index in [0.717, 1.165) is 25.0 Å². The first-order valence-corrected chi connectivity index (χ1v) is 11.9. The van der Waals surface area contributed by atoms with Gasteiger partial charge in [0.2, 0.25) is 5.91 Å². The highest BCUT2D eigenvalue weighted by Crippen LogP contribution is 2.36. The summed E-state index contributed by atoms with van der Waals surface area (Å²) in [6.45, 7) is 2.49. The molecule has 2 rings (SSSR count). The lowest BCUT2D eigenvalue weighted by atomic mass is 9.89. The summed E-state index contributed by atoms with van der Waals surface area (Å²) in [4.78, 5) is 11.4. The van der Waals surface area contributed by atoms with Gasteiger partial charge in [-0.3, -0.25) is 4.79 Å². The van der Waals surface area contributed by atoms with Gasteiger partial charge in [0.15, 0.2) is 0 Å². The van der Waals surface area contributed by atoms with Gasteiger partial charge < -0.3 is 20.6 Å². The fourth-order valence-electron chi connectivity index (χ4n) is 4.31. The molecule has 8 heteroatoms. The van der Waals surface area contributed by atoms with E-state index >= 15 is 0 Å². The van der Waals surface area contributed by atoms with Crippen molar-refractivity contribution in [3.63, 3.8) is 0 Å². The Bertz CT molecular complexity index is 825. The van der Waals surface area contributed by atoms with Crippen LogP contribution in [0.2, 0.25) is 0 Å². The molecule has 5 nitrogen and oxygen atoms in total. The van der Waals surface area contributed by atoms with E-state index in [1.807, 2.05) is 19.1 Å². The van der Waals surface area contributed by atoms with Crippen LogP contribution in [0.1, 0.15) is 56.6 Å². The van der Waals surface area contributed by atoms with E-state index < -0.39 is 30.1 Å². The average molecular weight is 484 g/mol. The van der Waals surface area contributed by atoms with Crippen molar-refractivity contribution in [2.75, 3.05) is 6.54 Å². The largest absolute Gasteiger partial charge is 0.416 e.